The van der Waals surface area contributed by atoms with Crippen LogP contribution in [0, 0.1) is 0 Å². The highest BCUT2D eigenvalue weighted by atomic mass is 79.9. The second kappa shape index (κ2) is 6.73. The van der Waals surface area contributed by atoms with E-state index in [1.54, 1.807) is 17.0 Å². The highest BCUT2D eigenvalue weighted by Gasteiger charge is 2.29. The molecule has 1 aliphatic heterocycles. The van der Waals surface area contributed by atoms with Gasteiger partial charge in [0.1, 0.15) is 11.7 Å². The van der Waals surface area contributed by atoms with Crippen molar-refractivity contribution in [1.82, 2.24) is 4.90 Å². The molecule has 0 N–H and O–H groups in total. The number of furan rings is 1. The molecule has 1 amide bonds. The van der Waals surface area contributed by atoms with E-state index in [0.29, 0.717) is 30.6 Å². The van der Waals surface area contributed by atoms with E-state index in [0.717, 1.165) is 0 Å². The lowest BCUT2D eigenvalue weighted by molar-refractivity contribution is -0.00505. The lowest BCUT2D eigenvalue weighted by Crippen LogP contribution is -2.43. The molecule has 0 saturated carbocycles. The van der Waals surface area contributed by atoms with Crippen molar-refractivity contribution >= 4 is 28.0 Å². The first-order valence-electron chi connectivity index (χ1n) is 7.19. The summed E-state index contributed by atoms with van der Waals surface area (Å²) in [6, 6.07) is 3.20. The second-order valence-electron chi connectivity index (χ2n) is 6.18. The molecule has 1 aromatic rings. The highest BCUT2D eigenvalue weighted by Crippen LogP contribution is 2.20. The number of carbonyl (C=O) groups is 2. The SMILES string of the molecule is CC(C)(C)OC(=O)N1CCC(OC(=O)c2ccc(Br)o2)CC1. The molecule has 0 aliphatic carbocycles. The van der Waals surface area contributed by atoms with Crippen LogP contribution in [0.1, 0.15) is 44.2 Å². The molecule has 2 rings (SSSR count). The van der Waals surface area contributed by atoms with Gasteiger partial charge in [0.25, 0.3) is 0 Å². The maximum absolute atomic E-state index is 11.9. The van der Waals surface area contributed by atoms with Crippen LogP contribution in [0.2, 0.25) is 0 Å². The maximum atomic E-state index is 11.9. The van der Waals surface area contributed by atoms with Gasteiger partial charge >= 0.3 is 12.1 Å². The normalized spacial score (nSPS) is 16.5. The summed E-state index contributed by atoms with van der Waals surface area (Å²) in [5.41, 5.74) is -0.507. The molecule has 22 heavy (non-hydrogen) atoms. The van der Waals surface area contributed by atoms with Crippen LogP contribution in [-0.4, -0.2) is 41.8 Å². The number of hydrogen-bond donors (Lipinski definition) is 0. The third kappa shape index (κ3) is 4.76. The molecule has 1 saturated heterocycles. The van der Waals surface area contributed by atoms with E-state index in [1.807, 2.05) is 20.8 Å². The van der Waals surface area contributed by atoms with Gasteiger partial charge in [0, 0.05) is 25.9 Å². The predicted octanol–water partition coefficient (Wildman–Crippen LogP) is 3.60. The topological polar surface area (TPSA) is 69.0 Å². The van der Waals surface area contributed by atoms with Gasteiger partial charge in [0.15, 0.2) is 4.67 Å². The smallest absolute Gasteiger partial charge is 0.410 e. The van der Waals surface area contributed by atoms with Crippen LogP contribution in [0.25, 0.3) is 0 Å². The number of halogens is 1. The standard InChI is InChI=1S/C15H20BrNO5/c1-15(2,3)22-14(19)17-8-6-10(7-9-17)20-13(18)11-4-5-12(16)21-11/h4-5,10H,6-9H2,1-3H3. The summed E-state index contributed by atoms with van der Waals surface area (Å²) >= 11 is 3.14. The Labute approximate surface area is 137 Å². The minimum Gasteiger partial charge on any atom is -0.456 e. The third-order valence-electron chi connectivity index (χ3n) is 3.14. The van der Waals surface area contributed by atoms with E-state index in [4.69, 9.17) is 13.9 Å². The zero-order valence-electron chi connectivity index (χ0n) is 12.9. The number of esters is 1. The summed E-state index contributed by atoms with van der Waals surface area (Å²) in [6.45, 7) is 6.52. The van der Waals surface area contributed by atoms with Crippen molar-refractivity contribution < 1.29 is 23.5 Å². The molecule has 7 heteroatoms. The van der Waals surface area contributed by atoms with Gasteiger partial charge in [0.05, 0.1) is 0 Å². The number of ether oxygens (including phenoxy) is 2. The van der Waals surface area contributed by atoms with Crippen molar-refractivity contribution in [2.24, 2.45) is 0 Å². The van der Waals surface area contributed by atoms with Crippen molar-refractivity contribution in [3.8, 4) is 0 Å². The molecule has 122 valence electrons. The van der Waals surface area contributed by atoms with Gasteiger partial charge in [-0.15, -0.1) is 0 Å². The zero-order chi connectivity index (χ0) is 16.3. The summed E-state index contributed by atoms with van der Waals surface area (Å²) in [5, 5.41) is 0. The first-order valence-corrected chi connectivity index (χ1v) is 7.98. The molecule has 0 aromatic carbocycles. The minimum absolute atomic E-state index is 0.168. The molecule has 0 unspecified atom stereocenters. The third-order valence-corrected chi connectivity index (χ3v) is 3.57. The molecule has 2 heterocycles. The lowest BCUT2D eigenvalue weighted by atomic mass is 10.1. The Morgan fingerprint density at radius 3 is 2.41 bits per heavy atom. The molecular weight excluding hydrogens is 354 g/mol. The number of nitrogens with zero attached hydrogens (tertiary/aromatic N) is 1. The number of hydrogen-bond acceptors (Lipinski definition) is 5. The van der Waals surface area contributed by atoms with Gasteiger partial charge in [-0.25, -0.2) is 9.59 Å². The van der Waals surface area contributed by atoms with Crippen molar-refractivity contribution in [1.29, 1.82) is 0 Å². The van der Waals surface area contributed by atoms with Crippen LogP contribution in [0.5, 0.6) is 0 Å². The van der Waals surface area contributed by atoms with E-state index >= 15 is 0 Å². The Balaban J connectivity index is 1.80. The first-order chi connectivity index (χ1) is 10.2. The number of piperidine rings is 1. The largest absolute Gasteiger partial charge is 0.456 e. The van der Waals surface area contributed by atoms with Crippen molar-refractivity contribution in [2.75, 3.05) is 13.1 Å². The summed E-state index contributed by atoms with van der Waals surface area (Å²) in [6.07, 6.45) is 0.641. The molecule has 1 fully saturated rings. The van der Waals surface area contributed by atoms with Crippen LogP contribution in [0.15, 0.2) is 21.2 Å². The van der Waals surface area contributed by atoms with Crippen molar-refractivity contribution in [3.63, 3.8) is 0 Å². The Morgan fingerprint density at radius 1 is 1.27 bits per heavy atom. The van der Waals surface area contributed by atoms with Crippen LogP contribution in [0.3, 0.4) is 0 Å². The van der Waals surface area contributed by atoms with Gasteiger partial charge in [-0.1, -0.05) is 0 Å². The fourth-order valence-electron chi connectivity index (χ4n) is 2.12. The molecule has 0 bridgehead atoms. The fourth-order valence-corrected chi connectivity index (χ4v) is 2.42. The Bertz CT molecular complexity index is 540. The molecule has 6 nitrogen and oxygen atoms in total. The fraction of sp³-hybridized carbons (Fsp3) is 0.600. The van der Waals surface area contributed by atoms with Gasteiger partial charge in [-0.05, 0) is 48.8 Å². The molecule has 0 atom stereocenters. The van der Waals surface area contributed by atoms with Gasteiger partial charge < -0.3 is 18.8 Å². The number of carbonyl (C=O) groups excluding carboxylic acids is 2. The van der Waals surface area contributed by atoms with E-state index in [2.05, 4.69) is 15.9 Å². The van der Waals surface area contributed by atoms with E-state index in [1.165, 1.54) is 0 Å². The summed E-state index contributed by atoms with van der Waals surface area (Å²) in [4.78, 5) is 25.5. The number of rotatable bonds is 2. The van der Waals surface area contributed by atoms with Crippen LogP contribution < -0.4 is 0 Å². The van der Waals surface area contributed by atoms with Crippen molar-refractivity contribution in [2.45, 2.75) is 45.3 Å². The minimum atomic E-state index is -0.507. The lowest BCUT2D eigenvalue weighted by Gasteiger charge is -2.33. The van der Waals surface area contributed by atoms with Gasteiger partial charge in [-0.3, -0.25) is 0 Å². The average Bonchev–Trinajstić information content (AvgIpc) is 2.84. The molecule has 1 aromatic heterocycles. The van der Waals surface area contributed by atoms with Crippen LogP contribution in [-0.2, 0) is 9.47 Å². The molecule has 0 spiro atoms. The van der Waals surface area contributed by atoms with E-state index < -0.39 is 11.6 Å². The van der Waals surface area contributed by atoms with Crippen molar-refractivity contribution in [3.05, 3.63) is 22.6 Å². The van der Waals surface area contributed by atoms with Crippen LogP contribution in [0.4, 0.5) is 4.79 Å². The van der Waals surface area contributed by atoms with Crippen LogP contribution >= 0.6 is 15.9 Å². The first kappa shape index (κ1) is 16.9. The summed E-state index contributed by atoms with van der Waals surface area (Å²) in [7, 11) is 0. The quantitative estimate of drug-likeness (QED) is 0.740. The monoisotopic (exact) mass is 373 g/mol. The second-order valence-corrected chi connectivity index (χ2v) is 6.96. The summed E-state index contributed by atoms with van der Waals surface area (Å²) in [5.74, 6) is -0.317. The molecule has 1 aliphatic rings. The van der Waals surface area contributed by atoms with Gasteiger partial charge in [-0.2, -0.15) is 0 Å². The zero-order valence-corrected chi connectivity index (χ0v) is 14.5. The highest BCUT2D eigenvalue weighted by molar-refractivity contribution is 9.10. The van der Waals surface area contributed by atoms with E-state index in [9.17, 15) is 9.59 Å². The average molecular weight is 374 g/mol. The molecule has 0 radical (unpaired) electrons. The predicted molar refractivity (Wildman–Crippen MR) is 82.7 cm³/mol. The number of amides is 1. The van der Waals surface area contributed by atoms with Gasteiger partial charge in [0.2, 0.25) is 5.76 Å². The maximum Gasteiger partial charge on any atom is 0.410 e. The molecular formula is C15H20BrNO5. The Morgan fingerprint density at radius 2 is 1.91 bits per heavy atom. The summed E-state index contributed by atoms with van der Waals surface area (Å²) < 4.78 is 16.4. The Hall–Kier alpha value is -1.50. The number of likely N-dealkylation sites (tertiary alicyclic amines) is 1. The van der Waals surface area contributed by atoms with E-state index in [-0.39, 0.29) is 18.0 Å². The Kier molecular flexibility index (Phi) is 5.16.